The molecule has 4 rings (SSSR count). The first-order valence-electron chi connectivity index (χ1n) is 14.4. The van der Waals surface area contributed by atoms with Gasteiger partial charge in [-0.05, 0) is 107 Å². The lowest BCUT2D eigenvalue weighted by atomic mass is 9.85. The molecule has 0 spiro atoms. The van der Waals surface area contributed by atoms with Gasteiger partial charge in [-0.3, -0.25) is 29.1 Å². The van der Waals surface area contributed by atoms with Crippen molar-refractivity contribution in [3.05, 3.63) is 94.1 Å². The van der Waals surface area contributed by atoms with Crippen molar-refractivity contribution in [2.45, 2.75) is 52.6 Å². The quantitative estimate of drug-likeness (QED) is 0.138. The number of rotatable bonds is 9. The molecule has 10 nitrogen and oxygen atoms in total. The third kappa shape index (κ3) is 9.03. The van der Waals surface area contributed by atoms with Crippen molar-refractivity contribution in [1.29, 1.82) is 0 Å². The first kappa shape index (κ1) is 34.4. The summed E-state index contributed by atoms with van der Waals surface area (Å²) < 4.78 is 16.7. The molecule has 45 heavy (non-hydrogen) atoms. The molecular weight excluding hydrogens is 708 g/mol. The molecule has 1 unspecified atom stereocenters. The van der Waals surface area contributed by atoms with E-state index in [9.17, 15) is 18.9 Å². The van der Waals surface area contributed by atoms with Gasteiger partial charge in [0.05, 0.1) is 0 Å². The molecule has 1 fully saturated rings. The molecule has 0 aliphatic carbocycles. The van der Waals surface area contributed by atoms with Gasteiger partial charge in [0, 0.05) is 27.6 Å². The first-order valence-corrected chi connectivity index (χ1v) is 17.0. The number of carbonyl (C=O) groups is 3. The van der Waals surface area contributed by atoms with Crippen molar-refractivity contribution in [1.82, 2.24) is 10.2 Å². The number of nitrogens with zero attached hydrogens (tertiary/aromatic N) is 2. The molecular formula is C33H37IN3O7P. The summed E-state index contributed by atoms with van der Waals surface area (Å²) in [5, 5.41) is 2.88. The van der Waals surface area contributed by atoms with Gasteiger partial charge >= 0.3 is 7.82 Å². The molecule has 238 valence electrons. The average molecular weight is 746 g/mol. The third-order valence-corrected chi connectivity index (χ3v) is 8.59. The van der Waals surface area contributed by atoms with Crippen LogP contribution in [0.4, 0.5) is 11.4 Å². The maximum absolute atomic E-state index is 14.2. The number of halogens is 1. The second kappa shape index (κ2) is 14.3. The summed E-state index contributed by atoms with van der Waals surface area (Å²) in [5.74, 6) is -1.03. The van der Waals surface area contributed by atoms with Crippen LogP contribution >= 0.6 is 30.4 Å². The molecule has 1 saturated heterocycles. The fourth-order valence-electron chi connectivity index (χ4n) is 5.20. The zero-order valence-electron chi connectivity index (χ0n) is 25.5. The SMILES string of the molecule is C/C(=C\C(=O)N[C@H](C(=O)N1CCCC1C(=O)N(c1ccccc1)c1ccc(I)cc1)C(C)(C)C)c1ccc(OP(=O)(O)O)cc1. The molecule has 0 bridgehead atoms. The number of carbonyl (C=O) groups excluding carboxylic acids is 3. The van der Waals surface area contributed by atoms with E-state index in [0.29, 0.717) is 41.9 Å². The second-order valence-corrected chi connectivity index (χ2v) is 14.3. The summed E-state index contributed by atoms with van der Waals surface area (Å²) in [5.41, 5.74) is 1.94. The lowest BCUT2D eigenvalue weighted by Crippen LogP contribution is -2.57. The zero-order valence-corrected chi connectivity index (χ0v) is 28.6. The standard InChI is InChI=1S/C33H37IN3O7P/c1-22(23-12-18-27(19-13-23)44-45(41,42)43)21-29(38)35-30(33(2,3)4)32(40)36-20-8-11-28(36)31(39)37(25-9-6-5-7-10-25)26-16-14-24(34)15-17-26/h5-7,9-10,12-19,21,28,30H,8,11,20H2,1-4H3,(H,35,38)(H2,41,42,43)/b22-21+/t28?,30-/m1/s1. The van der Waals surface area contributed by atoms with Gasteiger partial charge in [-0.15, -0.1) is 0 Å². The smallest absolute Gasteiger partial charge is 0.404 e. The van der Waals surface area contributed by atoms with E-state index in [1.165, 1.54) is 18.2 Å². The van der Waals surface area contributed by atoms with Crippen LogP contribution in [0.3, 0.4) is 0 Å². The number of phosphoric acid groups is 1. The second-order valence-electron chi connectivity index (χ2n) is 11.9. The lowest BCUT2D eigenvalue weighted by Gasteiger charge is -2.36. The zero-order chi connectivity index (χ0) is 32.9. The van der Waals surface area contributed by atoms with E-state index in [-0.39, 0.29) is 17.6 Å². The molecule has 1 aliphatic rings. The van der Waals surface area contributed by atoms with E-state index in [0.717, 1.165) is 3.57 Å². The van der Waals surface area contributed by atoms with Gasteiger partial charge in [0.15, 0.2) is 0 Å². The van der Waals surface area contributed by atoms with Crippen molar-refractivity contribution in [2.75, 3.05) is 11.4 Å². The number of amides is 3. The average Bonchev–Trinajstić information content (AvgIpc) is 3.46. The predicted molar refractivity (Wildman–Crippen MR) is 182 cm³/mol. The number of phosphoric ester groups is 1. The Bertz CT molecular complexity index is 1600. The highest BCUT2D eigenvalue weighted by molar-refractivity contribution is 14.1. The number of likely N-dealkylation sites (tertiary alicyclic amines) is 1. The van der Waals surface area contributed by atoms with Gasteiger partial charge in [0.25, 0.3) is 5.91 Å². The molecule has 3 N–H and O–H groups in total. The molecule has 0 radical (unpaired) electrons. The Balaban J connectivity index is 1.55. The van der Waals surface area contributed by atoms with Crippen molar-refractivity contribution >= 4 is 65.1 Å². The fraction of sp³-hybridized carbons (Fsp3) is 0.303. The van der Waals surface area contributed by atoms with Crippen LogP contribution in [-0.2, 0) is 18.9 Å². The predicted octanol–water partition coefficient (Wildman–Crippen LogP) is 6.05. The van der Waals surface area contributed by atoms with E-state index in [1.807, 2.05) is 75.4 Å². The van der Waals surface area contributed by atoms with Crippen LogP contribution in [0.5, 0.6) is 5.75 Å². The van der Waals surface area contributed by atoms with Crippen molar-refractivity contribution < 1.29 is 33.3 Å². The molecule has 0 aromatic heterocycles. The number of hydrogen-bond acceptors (Lipinski definition) is 5. The number of allylic oxidation sites excluding steroid dienone is 1. The lowest BCUT2D eigenvalue weighted by molar-refractivity contribution is -0.142. The van der Waals surface area contributed by atoms with E-state index >= 15 is 0 Å². The molecule has 1 aliphatic heterocycles. The number of para-hydroxylation sites is 1. The molecule has 12 heteroatoms. The minimum atomic E-state index is -4.69. The number of anilines is 2. The molecule has 1 heterocycles. The Hall–Kier alpha value is -3.51. The topological polar surface area (TPSA) is 136 Å². The van der Waals surface area contributed by atoms with Crippen molar-refractivity contribution in [3.8, 4) is 5.75 Å². The normalized spacial score (nSPS) is 16.2. The Morgan fingerprint density at radius 1 is 1.00 bits per heavy atom. The van der Waals surface area contributed by atoms with Gasteiger partial charge in [-0.1, -0.05) is 51.1 Å². The van der Waals surface area contributed by atoms with Crippen LogP contribution < -0.4 is 14.7 Å². The summed E-state index contributed by atoms with van der Waals surface area (Å²) in [7, 11) is -4.69. The van der Waals surface area contributed by atoms with Crippen molar-refractivity contribution in [2.24, 2.45) is 5.41 Å². The van der Waals surface area contributed by atoms with Crippen LogP contribution in [-0.4, -0.2) is 51.0 Å². The highest BCUT2D eigenvalue weighted by atomic mass is 127. The molecule has 0 saturated carbocycles. The van der Waals surface area contributed by atoms with Gasteiger partial charge in [0.1, 0.15) is 17.8 Å². The molecule has 3 aromatic rings. The van der Waals surface area contributed by atoms with E-state index < -0.39 is 31.2 Å². The summed E-state index contributed by atoms with van der Waals surface area (Å²) >= 11 is 2.22. The number of nitrogens with one attached hydrogen (secondary N) is 1. The van der Waals surface area contributed by atoms with Gasteiger partial charge in [-0.25, -0.2) is 4.57 Å². The highest BCUT2D eigenvalue weighted by Gasteiger charge is 2.43. The van der Waals surface area contributed by atoms with Crippen LogP contribution in [0.25, 0.3) is 5.57 Å². The monoisotopic (exact) mass is 745 g/mol. The van der Waals surface area contributed by atoms with Crippen LogP contribution in [0.2, 0.25) is 0 Å². The summed E-state index contributed by atoms with van der Waals surface area (Å²) in [6.07, 6.45) is 2.53. The minimum absolute atomic E-state index is 0.00899. The Kier molecular flexibility index (Phi) is 10.9. The van der Waals surface area contributed by atoms with E-state index in [1.54, 1.807) is 28.9 Å². The Labute approximate surface area is 276 Å². The first-order chi connectivity index (χ1) is 21.1. The van der Waals surface area contributed by atoms with Crippen LogP contribution in [0, 0.1) is 8.99 Å². The summed E-state index contributed by atoms with van der Waals surface area (Å²) in [4.78, 5) is 62.8. The highest BCUT2D eigenvalue weighted by Crippen LogP contribution is 2.38. The Morgan fingerprint density at radius 2 is 1.60 bits per heavy atom. The molecule has 3 aromatic carbocycles. The maximum Gasteiger partial charge on any atom is 0.524 e. The van der Waals surface area contributed by atoms with Gasteiger partial charge < -0.3 is 14.7 Å². The van der Waals surface area contributed by atoms with E-state index in [4.69, 9.17) is 9.79 Å². The number of hydrogen-bond donors (Lipinski definition) is 3. The van der Waals surface area contributed by atoms with Gasteiger partial charge in [0.2, 0.25) is 11.8 Å². The van der Waals surface area contributed by atoms with Crippen LogP contribution in [0.15, 0.2) is 84.9 Å². The van der Waals surface area contributed by atoms with E-state index in [2.05, 4.69) is 32.4 Å². The maximum atomic E-state index is 14.2. The Morgan fingerprint density at radius 3 is 2.18 bits per heavy atom. The van der Waals surface area contributed by atoms with Crippen LogP contribution in [0.1, 0.15) is 46.1 Å². The molecule has 2 atom stereocenters. The largest absolute Gasteiger partial charge is 0.524 e. The fourth-order valence-corrected chi connectivity index (χ4v) is 5.96. The minimum Gasteiger partial charge on any atom is -0.404 e. The van der Waals surface area contributed by atoms with Crippen molar-refractivity contribution in [3.63, 3.8) is 0 Å². The number of benzene rings is 3. The third-order valence-electron chi connectivity index (χ3n) is 7.42. The summed E-state index contributed by atoms with van der Waals surface area (Å²) in [6.45, 7) is 7.69. The molecule has 3 amide bonds. The van der Waals surface area contributed by atoms with Gasteiger partial charge in [-0.2, -0.15) is 0 Å². The summed E-state index contributed by atoms with van der Waals surface area (Å²) in [6, 6.07) is 21.3.